The van der Waals surface area contributed by atoms with E-state index in [9.17, 15) is 4.79 Å². The predicted octanol–water partition coefficient (Wildman–Crippen LogP) is 4.22. The van der Waals surface area contributed by atoms with Crippen molar-refractivity contribution in [3.05, 3.63) is 46.4 Å². The Morgan fingerprint density at radius 2 is 1.92 bits per heavy atom. The third-order valence-corrected chi connectivity index (χ3v) is 4.41. The number of aryl methyl sites for hydroxylation is 1. The van der Waals surface area contributed by atoms with E-state index in [1.54, 1.807) is 32.4 Å². The normalized spacial score (nSPS) is 10.2. The van der Waals surface area contributed by atoms with Gasteiger partial charge in [-0.05, 0) is 42.8 Å². The second-order valence-electron chi connectivity index (χ2n) is 5.26. The summed E-state index contributed by atoms with van der Waals surface area (Å²) in [7, 11) is 3.14. The molecule has 2 aromatic rings. The molecule has 128 valence electrons. The van der Waals surface area contributed by atoms with E-state index >= 15 is 0 Å². The number of halogens is 1. The van der Waals surface area contributed by atoms with Crippen molar-refractivity contribution in [2.45, 2.75) is 13.3 Å². The van der Waals surface area contributed by atoms with Crippen molar-refractivity contribution >= 4 is 33.2 Å². The van der Waals surface area contributed by atoms with Crippen LogP contribution in [0.1, 0.15) is 12.0 Å². The monoisotopic (exact) mass is 392 g/mol. The van der Waals surface area contributed by atoms with E-state index in [4.69, 9.17) is 9.47 Å². The first-order chi connectivity index (χ1) is 11.5. The van der Waals surface area contributed by atoms with Gasteiger partial charge in [0.1, 0.15) is 11.5 Å². The smallest absolute Gasteiger partial charge is 0.226 e. The van der Waals surface area contributed by atoms with Crippen molar-refractivity contribution in [1.82, 2.24) is 0 Å². The van der Waals surface area contributed by atoms with Crippen LogP contribution < -0.4 is 20.1 Å². The molecule has 0 saturated heterocycles. The molecule has 0 aliphatic heterocycles. The Balaban J connectivity index is 1.88. The molecule has 6 heteroatoms. The Bertz CT molecular complexity index is 719. The lowest BCUT2D eigenvalue weighted by atomic mass is 10.2. The van der Waals surface area contributed by atoms with Crippen LogP contribution in [0, 0.1) is 6.92 Å². The van der Waals surface area contributed by atoms with Crippen LogP contribution in [0.15, 0.2) is 40.9 Å². The topological polar surface area (TPSA) is 59.6 Å². The number of benzene rings is 2. The van der Waals surface area contributed by atoms with Gasteiger partial charge in [-0.2, -0.15) is 0 Å². The quantitative estimate of drug-likeness (QED) is 0.740. The minimum atomic E-state index is -0.0835. The van der Waals surface area contributed by atoms with Gasteiger partial charge in [-0.15, -0.1) is 0 Å². The van der Waals surface area contributed by atoms with Crippen LogP contribution in [0.3, 0.4) is 0 Å². The molecule has 24 heavy (non-hydrogen) atoms. The summed E-state index contributed by atoms with van der Waals surface area (Å²) in [4.78, 5) is 12.1. The number of anilines is 2. The van der Waals surface area contributed by atoms with Gasteiger partial charge in [-0.1, -0.05) is 15.9 Å². The van der Waals surface area contributed by atoms with E-state index in [1.807, 2.05) is 25.1 Å². The van der Waals surface area contributed by atoms with Crippen molar-refractivity contribution in [2.24, 2.45) is 0 Å². The molecule has 0 aliphatic rings. The van der Waals surface area contributed by atoms with E-state index in [1.165, 1.54) is 0 Å². The van der Waals surface area contributed by atoms with Gasteiger partial charge in [-0.25, -0.2) is 0 Å². The second-order valence-corrected chi connectivity index (χ2v) is 6.11. The lowest BCUT2D eigenvalue weighted by molar-refractivity contribution is -0.116. The van der Waals surface area contributed by atoms with Gasteiger partial charge in [0.25, 0.3) is 0 Å². The molecule has 5 nitrogen and oxygen atoms in total. The molecule has 2 N–H and O–H groups in total. The molecule has 0 aliphatic carbocycles. The van der Waals surface area contributed by atoms with Crippen LogP contribution in [0.25, 0.3) is 0 Å². The summed E-state index contributed by atoms with van der Waals surface area (Å²) in [5.74, 6) is 1.16. The Morgan fingerprint density at radius 3 is 2.58 bits per heavy atom. The van der Waals surface area contributed by atoms with E-state index in [0.717, 1.165) is 15.7 Å². The van der Waals surface area contributed by atoms with Gasteiger partial charge in [-0.3, -0.25) is 4.79 Å². The third kappa shape index (κ3) is 4.89. The van der Waals surface area contributed by atoms with Crippen LogP contribution in [-0.2, 0) is 4.79 Å². The highest BCUT2D eigenvalue weighted by Gasteiger charge is 2.09. The van der Waals surface area contributed by atoms with E-state index in [-0.39, 0.29) is 5.91 Å². The molecule has 2 aromatic carbocycles. The molecule has 0 bridgehead atoms. The molecular weight excluding hydrogens is 372 g/mol. The molecule has 0 saturated carbocycles. The zero-order valence-electron chi connectivity index (χ0n) is 14.0. The Kier molecular flexibility index (Phi) is 6.49. The van der Waals surface area contributed by atoms with Crippen LogP contribution in [0.5, 0.6) is 11.5 Å². The van der Waals surface area contributed by atoms with Gasteiger partial charge >= 0.3 is 0 Å². The van der Waals surface area contributed by atoms with Gasteiger partial charge in [0.05, 0.1) is 19.9 Å². The number of methoxy groups -OCH3 is 2. The molecule has 2 rings (SSSR count). The van der Waals surface area contributed by atoms with E-state index in [0.29, 0.717) is 30.2 Å². The van der Waals surface area contributed by atoms with Crippen molar-refractivity contribution in [2.75, 3.05) is 31.4 Å². The summed E-state index contributed by atoms with van der Waals surface area (Å²) in [5, 5.41) is 6.10. The second kappa shape index (κ2) is 8.59. The molecule has 0 spiro atoms. The standard InChI is InChI=1S/C18H21BrN2O3/c1-12-10-13(4-6-15(12)19)20-9-8-18(22)21-16-7-5-14(23-2)11-17(16)24-3/h4-7,10-11,20H,8-9H2,1-3H3,(H,21,22). The minimum Gasteiger partial charge on any atom is -0.497 e. The van der Waals surface area contributed by atoms with Crippen LogP contribution in [-0.4, -0.2) is 26.7 Å². The first kappa shape index (κ1) is 18.1. The van der Waals surface area contributed by atoms with E-state index in [2.05, 4.69) is 26.6 Å². The summed E-state index contributed by atoms with van der Waals surface area (Å²) in [6, 6.07) is 11.3. The summed E-state index contributed by atoms with van der Waals surface area (Å²) >= 11 is 3.47. The molecule has 0 aromatic heterocycles. The van der Waals surface area contributed by atoms with Crippen molar-refractivity contribution in [3.8, 4) is 11.5 Å². The van der Waals surface area contributed by atoms with Crippen molar-refractivity contribution in [3.63, 3.8) is 0 Å². The summed E-state index contributed by atoms with van der Waals surface area (Å²) in [5.41, 5.74) is 2.76. The maximum absolute atomic E-state index is 12.1. The third-order valence-electron chi connectivity index (χ3n) is 3.52. The highest BCUT2D eigenvalue weighted by atomic mass is 79.9. The lowest BCUT2D eigenvalue weighted by Gasteiger charge is -2.12. The van der Waals surface area contributed by atoms with Crippen LogP contribution in [0.2, 0.25) is 0 Å². The largest absolute Gasteiger partial charge is 0.497 e. The predicted molar refractivity (Wildman–Crippen MR) is 100 cm³/mol. The maximum Gasteiger partial charge on any atom is 0.226 e. The van der Waals surface area contributed by atoms with Crippen molar-refractivity contribution < 1.29 is 14.3 Å². The molecule has 0 radical (unpaired) electrons. The van der Waals surface area contributed by atoms with Gasteiger partial charge < -0.3 is 20.1 Å². The average molecular weight is 393 g/mol. The highest BCUT2D eigenvalue weighted by molar-refractivity contribution is 9.10. The fourth-order valence-electron chi connectivity index (χ4n) is 2.19. The fourth-order valence-corrected chi connectivity index (χ4v) is 2.44. The number of carbonyl (C=O) groups is 1. The molecule has 0 unspecified atom stereocenters. The SMILES string of the molecule is COc1ccc(NC(=O)CCNc2ccc(Br)c(C)c2)c(OC)c1. The number of hydrogen-bond donors (Lipinski definition) is 2. The lowest BCUT2D eigenvalue weighted by Crippen LogP contribution is -2.16. The fraction of sp³-hybridized carbons (Fsp3) is 0.278. The highest BCUT2D eigenvalue weighted by Crippen LogP contribution is 2.29. The first-order valence-electron chi connectivity index (χ1n) is 7.55. The van der Waals surface area contributed by atoms with E-state index < -0.39 is 0 Å². The number of hydrogen-bond acceptors (Lipinski definition) is 4. The number of ether oxygens (including phenoxy) is 2. The Labute approximate surface area is 150 Å². The molecule has 0 fully saturated rings. The number of rotatable bonds is 7. The summed E-state index contributed by atoms with van der Waals surface area (Å²) < 4.78 is 11.5. The van der Waals surface area contributed by atoms with Gasteiger partial charge in [0, 0.05) is 29.2 Å². The number of carbonyl (C=O) groups excluding carboxylic acids is 1. The first-order valence-corrected chi connectivity index (χ1v) is 8.34. The summed E-state index contributed by atoms with van der Waals surface area (Å²) in [6.45, 7) is 2.57. The maximum atomic E-state index is 12.1. The van der Waals surface area contributed by atoms with Crippen LogP contribution in [0.4, 0.5) is 11.4 Å². The molecule has 1 amide bonds. The average Bonchev–Trinajstić information content (AvgIpc) is 2.58. The Hall–Kier alpha value is -2.21. The molecule has 0 atom stereocenters. The number of amides is 1. The van der Waals surface area contributed by atoms with Crippen molar-refractivity contribution in [1.29, 1.82) is 0 Å². The molecule has 0 heterocycles. The zero-order valence-corrected chi connectivity index (χ0v) is 15.6. The van der Waals surface area contributed by atoms with Crippen LogP contribution >= 0.6 is 15.9 Å². The Morgan fingerprint density at radius 1 is 1.12 bits per heavy atom. The number of nitrogens with one attached hydrogen (secondary N) is 2. The molecular formula is C18H21BrN2O3. The minimum absolute atomic E-state index is 0.0835. The zero-order chi connectivity index (χ0) is 17.5. The van der Waals surface area contributed by atoms with Gasteiger partial charge in [0.15, 0.2) is 0 Å². The summed E-state index contributed by atoms with van der Waals surface area (Å²) in [6.07, 6.45) is 0.351. The van der Waals surface area contributed by atoms with Gasteiger partial charge in [0.2, 0.25) is 5.91 Å².